The molecule has 2 N–H and O–H groups in total. The number of hydrogen-bond donors (Lipinski definition) is 2. The van der Waals surface area contributed by atoms with Crippen LogP contribution in [0.5, 0.6) is 11.5 Å². The van der Waals surface area contributed by atoms with Crippen LogP contribution in [0.2, 0.25) is 0 Å². The zero-order valence-corrected chi connectivity index (χ0v) is 20.6. The monoisotopic (exact) mass is 519 g/mol. The van der Waals surface area contributed by atoms with E-state index in [1.54, 1.807) is 14.2 Å². The standard InChI is InChI=1S/C21H37N5O2.HI/c1-18(28-20-10-6-5-9-19(20)27-4)17-24-21(22-2)23-11-7-13-26-14-8-12-25(3)15-16-26;/h5-6,9-10,18H,7-8,11-17H2,1-4H3,(H2,22,23,24);1H. The van der Waals surface area contributed by atoms with E-state index in [-0.39, 0.29) is 30.1 Å². The number of rotatable bonds is 9. The molecular formula is C21H38IN5O2. The normalized spacial score (nSPS) is 17.0. The quantitative estimate of drug-likeness (QED) is 0.226. The third-order valence-electron chi connectivity index (χ3n) is 4.93. The Morgan fingerprint density at radius 3 is 2.62 bits per heavy atom. The summed E-state index contributed by atoms with van der Waals surface area (Å²) in [6.07, 6.45) is 2.36. The fraction of sp³-hybridized carbons (Fsp3) is 0.667. The highest BCUT2D eigenvalue weighted by Crippen LogP contribution is 2.26. The molecule has 7 nitrogen and oxygen atoms in total. The van der Waals surface area contributed by atoms with E-state index in [1.807, 2.05) is 31.2 Å². The van der Waals surface area contributed by atoms with Crippen molar-refractivity contribution in [3.05, 3.63) is 24.3 Å². The minimum absolute atomic E-state index is 0. The van der Waals surface area contributed by atoms with E-state index in [2.05, 4.69) is 32.5 Å². The van der Waals surface area contributed by atoms with Gasteiger partial charge in [0.2, 0.25) is 0 Å². The van der Waals surface area contributed by atoms with Crippen molar-refractivity contribution in [3.63, 3.8) is 0 Å². The van der Waals surface area contributed by atoms with Gasteiger partial charge in [-0.2, -0.15) is 0 Å². The first kappa shape index (κ1) is 25.8. The van der Waals surface area contributed by atoms with Gasteiger partial charge in [0, 0.05) is 26.7 Å². The molecule has 2 rings (SSSR count). The molecule has 1 aliphatic rings. The van der Waals surface area contributed by atoms with E-state index in [0.29, 0.717) is 6.54 Å². The predicted octanol–water partition coefficient (Wildman–Crippen LogP) is 2.27. The van der Waals surface area contributed by atoms with Crippen LogP contribution in [0.15, 0.2) is 29.3 Å². The summed E-state index contributed by atoms with van der Waals surface area (Å²) in [6.45, 7) is 9.48. The first-order chi connectivity index (χ1) is 13.6. The number of ether oxygens (including phenoxy) is 2. The zero-order valence-electron chi connectivity index (χ0n) is 18.3. The van der Waals surface area contributed by atoms with Gasteiger partial charge in [0.15, 0.2) is 17.5 Å². The average Bonchev–Trinajstić information content (AvgIpc) is 2.92. The number of benzene rings is 1. The van der Waals surface area contributed by atoms with Crippen molar-refractivity contribution in [1.29, 1.82) is 0 Å². The third kappa shape index (κ3) is 9.86. The molecule has 0 aromatic heterocycles. The van der Waals surface area contributed by atoms with Crippen LogP contribution < -0.4 is 20.1 Å². The van der Waals surface area contributed by atoms with Gasteiger partial charge in [-0.05, 0) is 58.6 Å². The van der Waals surface area contributed by atoms with Crippen molar-refractivity contribution >= 4 is 29.9 Å². The van der Waals surface area contributed by atoms with Gasteiger partial charge in [0.25, 0.3) is 0 Å². The number of likely N-dealkylation sites (N-methyl/N-ethyl adjacent to an activating group) is 1. The highest BCUT2D eigenvalue weighted by atomic mass is 127. The molecule has 1 aromatic carbocycles. The van der Waals surface area contributed by atoms with Crippen LogP contribution in [0, 0.1) is 0 Å². The average molecular weight is 519 g/mol. The minimum Gasteiger partial charge on any atom is -0.493 e. The largest absolute Gasteiger partial charge is 0.493 e. The Bertz CT molecular complexity index is 602. The summed E-state index contributed by atoms with van der Waals surface area (Å²) in [5.41, 5.74) is 0. The van der Waals surface area contributed by atoms with Crippen LogP contribution >= 0.6 is 24.0 Å². The maximum Gasteiger partial charge on any atom is 0.191 e. The Kier molecular flexibility index (Phi) is 13.0. The molecule has 0 saturated carbocycles. The zero-order chi connectivity index (χ0) is 20.2. The summed E-state index contributed by atoms with van der Waals surface area (Å²) in [7, 11) is 5.66. The summed E-state index contributed by atoms with van der Waals surface area (Å²) in [4.78, 5) is 9.28. The Labute approximate surface area is 193 Å². The molecule has 1 fully saturated rings. The fourth-order valence-electron chi connectivity index (χ4n) is 3.27. The van der Waals surface area contributed by atoms with E-state index < -0.39 is 0 Å². The summed E-state index contributed by atoms with van der Waals surface area (Å²) in [5, 5.41) is 6.73. The highest BCUT2D eigenvalue weighted by molar-refractivity contribution is 14.0. The lowest BCUT2D eigenvalue weighted by Gasteiger charge is -2.21. The van der Waals surface area contributed by atoms with E-state index in [1.165, 1.54) is 32.6 Å². The maximum absolute atomic E-state index is 5.98. The molecule has 0 aliphatic carbocycles. The summed E-state index contributed by atoms with van der Waals surface area (Å²) >= 11 is 0. The molecule has 166 valence electrons. The Hall–Kier alpha value is -1.26. The first-order valence-corrected chi connectivity index (χ1v) is 10.3. The first-order valence-electron chi connectivity index (χ1n) is 10.3. The van der Waals surface area contributed by atoms with Crippen LogP contribution in [-0.2, 0) is 0 Å². The number of hydrogen-bond acceptors (Lipinski definition) is 5. The SMILES string of the molecule is CN=C(NCCCN1CCCN(C)CC1)NCC(C)Oc1ccccc1OC.I. The second kappa shape index (κ2) is 14.7. The molecule has 1 aromatic rings. The van der Waals surface area contributed by atoms with Crippen molar-refractivity contribution in [2.75, 3.05) is 67.0 Å². The van der Waals surface area contributed by atoms with Crippen molar-refractivity contribution in [1.82, 2.24) is 20.4 Å². The second-order valence-corrected chi connectivity index (χ2v) is 7.31. The number of halogens is 1. The summed E-state index contributed by atoms with van der Waals surface area (Å²) in [6, 6.07) is 7.70. The van der Waals surface area contributed by atoms with Gasteiger partial charge in [0.1, 0.15) is 6.10 Å². The number of para-hydroxylation sites is 2. The smallest absolute Gasteiger partial charge is 0.191 e. The number of guanidine groups is 1. The summed E-state index contributed by atoms with van der Waals surface area (Å²) < 4.78 is 11.3. The van der Waals surface area contributed by atoms with Gasteiger partial charge in [-0.25, -0.2) is 0 Å². The molecule has 0 bridgehead atoms. The van der Waals surface area contributed by atoms with Crippen molar-refractivity contribution in [2.24, 2.45) is 4.99 Å². The highest BCUT2D eigenvalue weighted by Gasteiger charge is 2.12. The van der Waals surface area contributed by atoms with E-state index >= 15 is 0 Å². The van der Waals surface area contributed by atoms with Crippen LogP contribution in [-0.4, -0.2) is 88.9 Å². The summed E-state index contributed by atoms with van der Waals surface area (Å²) in [5.74, 6) is 2.31. The molecule has 8 heteroatoms. The molecule has 1 heterocycles. The number of aliphatic imine (C=N–C) groups is 1. The lowest BCUT2D eigenvalue weighted by atomic mass is 10.3. The van der Waals surface area contributed by atoms with E-state index in [9.17, 15) is 0 Å². The molecular weight excluding hydrogens is 481 g/mol. The lowest BCUT2D eigenvalue weighted by molar-refractivity contribution is 0.213. The van der Waals surface area contributed by atoms with Gasteiger partial charge in [-0.1, -0.05) is 12.1 Å². The lowest BCUT2D eigenvalue weighted by Crippen LogP contribution is -2.42. The molecule has 1 unspecified atom stereocenters. The molecule has 1 atom stereocenters. The van der Waals surface area contributed by atoms with Crippen LogP contribution in [0.3, 0.4) is 0 Å². The van der Waals surface area contributed by atoms with Gasteiger partial charge in [-0.15, -0.1) is 24.0 Å². The molecule has 0 amide bonds. The Morgan fingerprint density at radius 1 is 1.14 bits per heavy atom. The molecule has 0 spiro atoms. The predicted molar refractivity (Wildman–Crippen MR) is 131 cm³/mol. The third-order valence-corrected chi connectivity index (χ3v) is 4.93. The van der Waals surface area contributed by atoms with Crippen LogP contribution in [0.1, 0.15) is 19.8 Å². The maximum atomic E-state index is 5.98. The van der Waals surface area contributed by atoms with Crippen LogP contribution in [0.25, 0.3) is 0 Å². The Morgan fingerprint density at radius 2 is 1.90 bits per heavy atom. The van der Waals surface area contributed by atoms with E-state index in [4.69, 9.17) is 9.47 Å². The Balaban J connectivity index is 0.00000420. The minimum atomic E-state index is -0.0102. The molecule has 0 radical (unpaired) electrons. The number of nitrogens with zero attached hydrogens (tertiary/aromatic N) is 3. The number of methoxy groups -OCH3 is 1. The second-order valence-electron chi connectivity index (χ2n) is 7.31. The van der Waals surface area contributed by atoms with Gasteiger partial charge in [-0.3, -0.25) is 4.99 Å². The fourth-order valence-corrected chi connectivity index (χ4v) is 3.27. The van der Waals surface area contributed by atoms with Crippen molar-refractivity contribution in [3.8, 4) is 11.5 Å². The number of nitrogens with one attached hydrogen (secondary N) is 2. The van der Waals surface area contributed by atoms with Gasteiger partial charge >= 0.3 is 0 Å². The molecule has 1 saturated heterocycles. The van der Waals surface area contributed by atoms with Gasteiger partial charge in [0.05, 0.1) is 13.7 Å². The van der Waals surface area contributed by atoms with E-state index in [0.717, 1.165) is 37.0 Å². The van der Waals surface area contributed by atoms with Crippen molar-refractivity contribution in [2.45, 2.75) is 25.9 Å². The molecule has 29 heavy (non-hydrogen) atoms. The van der Waals surface area contributed by atoms with Crippen LogP contribution in [0.4, 0.5) is 0 Å². The van der Waals surface area contributed by atoms with Gasteiger partial charge < -0.3 is 29.9 Å². The topological polar surface area (TPSA) is 61.4 Å². The van der Waals surface area contributed by atoms with Crippen molar-refractivity contribution < 1.29 is 9.47 Å². The molecule has 1 aliphatic heterocycles.